The summed E-state index contributed by atoms with van der Waals surface area (Å²) in [5.41, 5.74) is 6.75. The first-order chi connectivity index (χ1) is 24.6. The van der Waals surface area contributed by atoms with E-state index in [1.165, 1.54) is 11.1 Å². The van der Waals surface area contributed by atoms with Gasteiger partial charge in [0, 0.05) is 59.4 Å². The largest absolute Gasteiger partial charge is 0.497 e. The van der Waals surface area contributed by atoms with Gasteiger partial charge in [-0.2, -0.15) is 0 Å². The first kappa shape index (κ1) is 35.5. The summed E-state index contributed by atoms with van der Waals surface area (Å²) in [5, 5.41) is 0.932. The lowest BCUT2D eigenvalue weighted by molar-refractivity contribution is -0.143. The molecule has 0 radical (unpaired) electrons. The molecule has 4 unspecified atom stereocenters. The number of nitrogens with zero attached hydrogens (tertiary/aromatic N) is 3. The Morgan fingerprint density at radius 3 is 2.43 bits per heavy atom. The fraction of sp³-hybridized carbons (Fsp3) is 0.476. The number of amides is 2. The van der Waals surface area contributed by atoms with Gasteiger partial charge >= 0.3 is 0 Å². The summed E-state index contributed by atoms with van der Waals surface area (Å²) in [7, 11) is 2.35. The Labute approximate surface area is 305 Å². The minimum absolute atomic E-state index is 0.0341. The molecule has 0 bridgehead atoms. The van der Waals surface area contributed by atoms with Gasteiger partial charge in [-0.3, -0.25) is 14.3 Å². The summed E-state index contributed by atoms with van der Waals surface area (Å²) in [6, 6.07) is 22.7. The Balaban J connectivity index is 1.43. The molecule has 4 aromatic rings. The van der Waals surface area contributed by atoms with Crippen molar-refractivity contribution in [3.05, 3.63) is 89.0 Å². The van der Waals surface area contributed by atoms with Gasteiger partial charge in [0.05, 0.1) is 24.3 Å². The van der Waals surface area contributed by atoms with Crippen LogP contribution in [-0.2, 0) is 22.3 Å². The minimum Gasteiger partial charge on any atom is -0.497 e. The maximum Gasteiger partial charge on any atom is 0.263 e. The molecule has 8 nitrogen and oxygen atoms in total. The van der Waals surface area contributed by atoms with E-state index in [9.17, 15) is 9.00 Å². The lowest BCUT2D eigenvalue weighted by Gasteiger charge is -2.42. The van der Waals surface area contributed by atoms with Crippen LogP contribution in [0.25, 0.3) is 22.2 Å². The third kappa shape index (κ3) is 6.30. The second-order valence-electron chi connectivity index (χ2n) is 15.2. The molecule has 2 aliphatic heterocycles. The SMILES string of the molecule is CCCC(CCC)c1c2n(c3cc(C(=O)NS(=O)C(C)C)ccc13)CC1(C(=O)N3CCN(C)CC3c3ccccc3)CC1c1cc(OC)ccc1-2. The van der Waals surface area contributed by atoms with Crippen LogP contribution in [0.4, 0.5) is 0 Å². The van der Waals surface area contributed by atoms with E-state index < -0.39 is 16.4 Å². The van der Waals surface area contributed by atoms with Gasteiger partial charge in [0.25, 0.3) is 5.91 Å². The highest BCUT2D eigenvalue weighted by Crippen LogP contribution is 2.66. The van der Waals surface area contributed by atoms with Crippen molar-refractivity contribution in [2.45, 2.75) is 89.5 Å². The van der Waals surface area contributed by atoms with Gasteiger partial charge < -0.3 is 19.1 Å². The number of ether oxygens (including phenoxy) is 1. The number of piperazine rings is 1. The molecule has 4 atom stereocenters. The number of rotatable bonds is 11. The molecule has 2 fully saturated rings. The van der Waals surface area contributed by atoms with Crippen LogP contribution in [0.1, 0.15) is 105 Å². The molecular formula is C42H52N4O4S. The summed E-state index contributed by atoms with van der Waals surface area (Å²) >= 11 is 0. The monoisotopic (exact) mass is 708 g/mol. The summed E-state index contributed by atoms with van der Waals surface area (Å²) in [4.78, 5) is 33.3. The fourth-order valence-electron chi connectivity index (χ4n) is 8.84. The van der Waals surface area contributed by atoms with Gasteiger partial charge in [-0.1, -0.05) is 63.1 Å². The van der Waals surface area contributed by atoms with E-state index in [0.29, 0.717) is 24.6 Å². The molecule has 1 saturated heterocycles. The van der Waals surface area contributed by atoms with E-state index in [1.807, 2.05) is 38.1 Å². The molecule has 1 N–H and O–H groups in total. The summed E-state index contributed by atoms with van der Waals surface area (Å²) < 4.78 is 23.6. The van der Waals surface area contributed by atoms with Crippen LogP contribution in [0.2, 0.25) is 0 Å². The highest BCUT2D eigenvalue weighted by atomic mass is 32.2. The van der Waals surface area contributed by atoms with E-state index in [1.54, 1.807) is 7.11 Å². The van der Waals surface area contributed by atoms with Crippen molar-refractivity contribution in [3.8, 4) is 17.0 Å². The van der Waals surface area contributed by atoms with Crippen LogP contribution < -0.4 is 9.46 Å². The van der Waals surface area contributed by atoms with E-state index in [0.717, 1.165) is 78.7 Å². The average molecular weight is 709 g/mol. The molecular weight excluding hydrogens is 657 g/mol. The summed E-state index contributed by atoms with van der Waals surface area (Å²) in [6.07, 6.45) is 4.98. The lowest BCUT2D eigenvalue weighted by Crippen LogP contribution is -2.52. The maximum absolute atomic E-state index is 15.3. The molecule has 3 heterocycles. The van der Waals surface area contributed by atoms with Crippen molar-refractivity contribution >= 4 is 33.7 Å². The molecule has 2 amide bonds. The second-order valence-corrected chi connectivity index (χ2v) is 16.9. The third-order valence-electron chi connectivity index (χ3n) is 11.5. The van der Waals surface area contributed by atoms with Gasteiger partial charge in [-0.05, 0) is 93.1 Å². The molecule has 1 saturated carbocycles. The van der Waals surface area contributed by atoms with Gasteiger partial charge in [0.15, 0.2) is 0 Å². The Morgan fingerprint density at radius 1 is 1.00 bits per heavy atom. The number of fused-ring (bicyclic) bond motifs is 7. The van der Waals surface area contributed by atoms with Crippen LogP contribution in [0.3, 0.4) is 0 Å². The van der Waals surface area contributed by atoms with E-state index in [2.05, 4.69) is 82.4 Å². The maximum atomic E-state index is 15.3. The molecule has 0 spiro atoms. The fourth-order valence-corrected chi connectivity index (χ4v) is 9.37. The van der Waals surface area contributed by atoms with Crippen molar-refractivity contribution in [3.63, 3.8) is 0 Å². The minimum atomic E-state index is -1.49. The van der Waals surface area contributed by atoms with Crippen molar-refractivity contribution in [2.24, 2.45) is 5.41 Å². The molecule has 51 heavy (non-hydrogen) atoms. The number of benzene rings is 3. The molecule has 1 aliphatic carbocycles. The zero-order valence-electron chi connectivity index (χ0n) is 30.9. The van der Waals surface area contributed by atoms with Gasteiger partial charge in [0.2, 0.25) is 5.91 Å². The Bertz CT molecular complexity index is 1970. The van der Waals surface area contributed by atoms with Gasteiger partial charge in [0.1, 0.15) is 16.7 Å². The van der Waals surface area contributed by atoms with E-state index in [4.69, 9.17) is 4.74 Å². The number of carbonyl (C=O) groups excluding carboxylic acids is 2. The number of hydrogen-bond acceptors (Lipinski definition) is 5. The van der Waals surface area contributed by atoms with Gasteiger partial charge in [-0.25, -0.2) is 4.21 Å². The summed E-state index contributed by atoms with van der Waals surface area (Å²) in [5.74, 6) is 1.02. The van der Waals surface area contributed by atoms with Crippen LogP contribution in [0.15, 0.2) is 66.7 Å². The smallest absolute Gasteiger partial charge is 0.263 e. The van der Waals surface area contributed by atoms with Crippen molar-refractivity contribution in [1.29, 1.82) is 0 Å². The van der Waals surface area contributed by atoms with Crippen molar-refractivity contribution < 1.29 is 18.5 Å². The molecule has 9 heteroatoms. The predicted molar refractivity (Wildman–Crippen MR) is 205 cm³/mol. The number of methoxy groups -OCH3 is 1. The highest BCUT2D eigenvalue weighted by Gasteiger charge is 2.64. The lowest BCUT2D eigenvalue weighted by atomic mass is 9.85. The number of nitrogens with one attached hydrogen (secondary N) is 1. The first-order valence-corrected chi connectivity index (χ1v) is 19.9. The Kier molecular flexibility index (Phi) is 9.89. The standard InChI is InChI=1S/C42H52N4O4S/c1-7-12-29(13-8-2)38-33-18-16-30(40(47)43-51(49)27(3)4)22-36(33)46-26-42(24-35(42)34-23-31(50-6)17-19-32(34)39(38)46)41(48)45-21-20-44(5)25-37(45)28-14-10-9-11-15-28/h9-11,14-19,22-23,27,29,35,37H,7-8,12-13,20-21,24-26H2,1-6H3,(H,43,47). The molecule has 270 valence electrons. The predicted octanol–water partition coefficient (Wildman–Crippen LogP) is 7.81. The van der Waals surface area contributed by atoms with Crippen LogP contribution in [-0.4, -0.2) is 69.4 Å². The van der Waals surface area contributed by atoms with Crippen molar-refractivity contribution in [2.75, 3.05) is 33.8 Å². The zero-order chi connectivity index (χ0) is 36.0. The number of aromatic nitrogens is 1. The van der Waals surface area contributed by atoms with Crippen LogP contribution in [0, 0.1) is 5.41 Å². The second kappa shape index (κ2) is 14.2. The molecule has 7 rings (SSSR count). The first-order valence-electron chi connectivity index (χ1n) is 18.7. The highest BCUT2D eigenvalue weighted by molar-refractivity contribution is 7.84. The molecule has 3 aliphatic rings. The Morgan fingerprint density at radius 2 is 1.75 bits per heavy atom. The quantitative estimate of drug-likeness (QED) is 0.172. The third-order valence-corrected chi connectivity index (χ3v) is 12.8. The number of hydrogen-bond donors (Lipinski definition) is 1. The van der Waals surface area contributed by atoms with Crippen LogP contribution >= 0.6 is 0 Å². The zero-order valence-corrected chi connectivity index (χ0v) is 31.7. The van der Waals surface area contributed by atoms with Gasteiger partial charge in [-0.15, -0.1) is 0 Å². The number of likely N-dealkylation sites (N-methyl/N-ethyl adjacent to an activating group) is 1. The van der Waals surface area contributed by atoms with Crippen LogP contribution in [0.5, 0.6) is 5.75 Å². The molecule has 1 aromatic heterocycles. The topological polar surface area (TPSA) is 83.9 Å². The average Bonchev–Trinajstić information content (AvgIpc) is 3.81. The Hall–Kier alpha value is -3.95. The summed E-state index contributed by atoms with van der Waals surface area (Å²) in [6.45, 7) is 11.0. The normalized spacial score (nSPS) is 21.9. The van der Waals surface area contributed by atoms with Crippen molar-refractivity contribution in [1.82, 2.24) is 19.1 Å². The van der Waals surface area contributed by atoms with E-state index >= 15 is 4.79 Å². The number of carbonyl (C=O) groups is 2. The molecule has 3 aromatic carbocycles. The van der Waals surface area contributed by atoms with E-state index in [-0.39, 0.29) is 29.0 Å².